The number of rotatable bonds is 52. The van der Waals surface area contributed by atoms with Gasteiger partial charge in [-0.15, -0.1) is 0 Å². The van der Waals surface area contributed by atoms with E-state index in [2.05, 4.69) is 106 Å². The van der Waals surface area contributed by atoms with E-state index in [1.54, 1.807) is 0 Å². The summed E-state index contributed by atoms with van der Waals surface area (Å²) in [6.07, 6.45) is 74.3. The molecule has 0 heterocycles. The molecular formula is C63H108O6. The second-order valence-corrected chi connectivity index (χ2v) is 19.2. The molecular weight excluding hydrogens is 853 g/mol. The number of carbonyl (C=O) groups is 3. The molecule has 6 nitrogen and oxygen atoms in total. The van der Waals surface area contributed by atoms with Crippen molar-refractivity contribution in [2.45, 2.75) is 284 Å². The van der Waals surface area contributed by atoms with E-state index >= 15 is 0 Å². The number of ether oxygens (including phenoxy) is 3. The molecule has 0 aliphatic heterocycles. The quantitative estimate of drug-likeness (QED) is 0.0262. The van der Waals surface area contributed by atoms with Crippen molar-refractivity contribution in [1.82, 2.24) is 0 Å². The summed E-state index contributed by atoms with van der Waals surface area (Å²) in [6.45, 7) is 6.54. The van der Waals surface area contributed by atoms with Crippen LogP contribution in [0.5, 0.6) is 0 Å². The van der Waals surface area contributed by atoms with Gasteiger partial charge in [0.1, 0.15) is 13.2 Å². The van der Waals surface area contributed by atoms with Crippen molar-refractivity contribution in [3.05, 3.63) is 85.1 Å². The zero-order valence-electron chi connectivity index (χ0n) is 45.3. The molecule has 0 spiro atoms. The van der Waals surface area contributed by atoms with Crippen LogP contribution in [0.15, 0.2) is 85.1 Å². The van der Waals surface area contributed by atoms with Crippen molar-refractivity contribution >= 4 is 17.9 Å². The van der Waals surface area contributed by atoms with Crippen LogP contribution in [0.2, 0.25) is 0 Å². The van der Waals surface area contributed by atoms with Gasteiger partial charge in [0.15, 0.2) is 6.10 Å². The van der Waals surface area contributed by atoms with Crippen molar-refractivity contribution in [1.29, 1.82) is 0 Å². The Bertz CT molecular complexity index is 1330. The minimum atomic E-state index is -0.812. The third-order valence-electron chi connectivity index (χ3n) is 12.3. The first-order valence-electron chi connectivity index (χ1n) is 29.1. The monoisotopic (exact) mass is 961 g/mol. The summed E-state index contributed by atoms with van der Waals surface area (Å²) < 4.78 is 16.8. The first-order chi connectivity index (χ1) is 34.0. The highest BCUT2D eigenvalue weighted by Crippen LogP contribution is 2.14. The number of esters is 3. The van der Waals surface area contributed by atoms with Gasteiger partial charge in [0, 0.05) is 19.3 Å². The molecule has 0 rings (SSSR count). The number of hydrogen-bond donors (Lipinski definition) is 0. The lowest BCUT2D eigenvalue weighted by Gasteiger charge is -2.18. The van der Waals surface area contributed by atoms with Gasteiger partial charge in [0.2, 0.25) is 0 Å². The molecule has 0 aromatic rings. The topological polar surface area (TPSA) is 78.9 Å². The summed E-state index contributed by atoms with van der Waals surface area (Å²) in [6, 6.07) is 0. The van der Waals surface area contributed by atoms with E-state index in [4.69, 9.17) is 14.2 Å². The minimum Gasteiger partial charge on any atom is -0.462 e. The van der Waals surface area contributed by atoms with Gasteiger partial charge in [-0.1, -0.05) is 228 Å². The predicted octanol–water partition coefficient (Wildman–Crippen LogP) is 19.5. The highest BCUT2D eigenvalue weighted by atomic mass is 16.6. The molecule has 0 saturated carbocycles. The fourth-order valence-electron chi connectivity index (χ4n) is 7.93. The molecule has 0 aromatic carbocycles. The predicted molar refractivity (Wildman–Crippen MR) is 297 cm³/mol. The molecule has 0 bridgehead atoms. The Morgan fingerprint density at radius 3 is 0.899 bits per heavy atom. The zero-order valence-corrected chi connectivity index (χ0v) is 45.3. The summed E-state index contributed by atoms with van der Waals surface area (Å²) >= 11 is 0. The molecule has 0 saturated heterocycles. The van der Waals surface area contributed by atoms with Crippen molar-refractivity contribution in [3.8, 4) is 0 Å². The van der Waals surface area contributed by atoms with Gasteiger partial charge in [-0.2, -0.15) is 0 Å². The first-order valence-corrected chi connectivity index (χ1v) is 29.1. The molecule has 6 heteroatoms. The molecule has 69 heavy (non-hydrogen) atoms. The van der Waals surface area contributed by atoms with E-state index in [0.717, 1.165) is 89.9 Å². The zero-order chi connectivity index (χ0) is 50.0. The summed E-state index contributed by atoms with van der Waals surface area (Å²) in [5.74, 6) is -0.971. The highest BCUT2D eigenvalue weighted by Gasteiger charge is 2.19. The minimum absolute atomic E-state index is 0.104. The molecule has 0 amide bonds. The van der Waals surface area contributed by atoms with Gasteiger partial charge in [0.05, 0.1) is 0 Å². The van der Waals surface area contributed by atoms with E-state index in [9.17, 15) is 14.4 Å². The molecule has 0 aliphatic carbocycles. The molecule has 396 valence electrons. The second-order valence-electron chi connectivity index (χ2n) is 19.2. The maximum atomic E-state index is 12.8. The largest absolute Gasteiger partial charge is 0.462 e. The van der Waals surface area contributed by atoms with Crippen molar-refractivity contribution in [2.24, 2.45) is 0 Å². The fourth-order valence-corrected chi connectivity index (χ4v) is 7.93. The highest BCUT2D eigenvalue weighted by molar-refractivity contribution is 5.71. The van der Waals surface area contributed by atoms with Crippen molar-refractivity contribution < 1.29 is 28.6 Å². The third kappa shape index (κ3) is 55.4. The van der Waals surface area contributed by atoms with Gasteiger partial charge in [-0.05, 0) is 116 Å². The number of unbranched alkanes of at least 4 members (excludes halogenated alkanes) is 27. The second kappa shape index (κ2) is 57.2. The van der Waals surface area contributed by atoms with Crippen molar-refractivity contribution in [3.63, 3.8) is 0 Å². The van der Waals surface area contributed by atoms with E-state index in [0.29, 0.717) is 19.3 Å². The normalized spacial score (nSPS) is 12.7. The number of hydrogen-bond acceptors (Lipinski definition) is 6. The van der Waals surface area contributed by atoms with Gasteiger partial charge in [-0.25, -0.2) is 0 Å². The van der Waals surface area contributed by atoms with Gasteiger partial charge < -0.3 is 14.2 Å². The van der Waals surface area contributed by atoms with Crippen LogP contribution in [0.4, 0.5) is 0 Å². The van der Waals surface area contributed by atoms with Crippen LogP contribution in [-0.2, 0) is 28.6 Å². The standard InChI is InChI=1S/C63H108O6/c1-4-7-10-13-16-19-22-25-28-30-31-33-35-38-41-44-47-50-53-56-62(65)68-59-60(58-67-61(64)55-52-49-46-43-40-37-34-27-24-21-18-15-12-9-6-3)69-63(66)57-54-51-48-45-42-39-36-32-29-26-23-20-17-14-11-8-5-2/h17-18,20-21,25-29,34,36,39,45,48,60H,4-16,19,22-24,30-33,35,37-38,40-44,46-47,49-59H2,1-3H3/b20-17-,21-18-,28-25-,29-26-,34-27-,39-36-,48-45-/t60-/m1/s1. The lowest BCUT2D eigenvalue weighted by Crippen LogP contribution is -2.30. The van der Waals surface area contributed by atoms with Crippen LogP contribution in [0.25, 0.3) is 0 Å². The van der Waals surface area contributed by atoms with E-state index < -0.39 is 6.10 Å². The van der Waals surface area contributed by atoms with Crippen molar-refractivity contribution in [2.75, 3.05) is 13.2 Å². The lowest BCUT2D eigenvalue weighted by atomic mass is 10.1. The SMILES string of the molecule is CCCCC/C=C\C/C=C\C/C=C\C/C=C\CCCC(=O)O[C@H](COC(=O)CCCCCCC/C=C\C/C=C\CCCCC)COC(=O)CCCCCCCCCCC/C=C\CCCCCCCC. The Labute approximate surface area is 426 Å². The maximum absolute atomic E-state index is 12.8. The molecule has 0 fully saturated rings. The molecule has 0 N–H and O–H groups in total. The van der Waals surface area contributed by atoms with Gasteiger partial charge in [-0.3, -0.25) is 14.4 Å². The van der Waals surface area contributed by atoms with Gasteiger partial charge in [0.25, 0.3) is 0 Å². The van der Waals surface area contributed by atoms with Crippen LogP contribution in [0, 0.1) is 0 Å². The Morgan fingerprint density at radius 2 is 0.536 bits per heavy atom. The van der Waals surface area contributed by atoms with Crippen LogP contribution in [-0.4, -0.2) is 37.2 Å². The molecule has 0 aromatic heterocycles. The van der Waals surface area contributed by atoms with Crippen LogP contribution >= 0.6 is 0 Å². The number of allylic oxidation sites excluding steroid dienone is 14. The third-order valence-corrected chi connectivity index (χ3v) is 12.3. The van der Waals surface area contributed by atoms with E-state index in [1.807, 2.05) is 0 Å². The average molecular weight is 962 g/mol. The molecule has 1 atom stereocenters. The van der Waals surface area contributed by atoms with E-state index in [1.165, 1.54) is 141 Å². The molecule has 0 unspecified atom stereocenters. The molecule has 0 radical (unpaired) electrons. The summed E-state index contributed by atoms with van der Waals surface area (Å²) in [5, 5.41) is 0. The summed E-state index contributed by atoms with van der Waals surface area (Å²) in [5.41, 5.74) is 0. The van der Waals surface area contributed by atoms with Crippen LogP contribution in [0.3, 0.4) is 0 Å². The summed E-state index contributed by atoms with van der Waals surface area (Å²) in [7, 11) is 0. The van der Waals surface area contributed by atoms with Crippen LogP contribution < -0.4 is 0 Å². The Balaban J connectivity index is 4.47. The Morgan fingerprint density at radius 1 is 0.290 bits per heavy atom. The summed E-state index contributed by atoms with van der Waals surface area (Å²) in [4.78, 5) is 38.1. The Hall–Kier alpha value is -3.41. The van der Waals surface area contributed by atoms with Gasteiger partial charge >= 0.3 is 17.9 Å². The number of carbonyl (C=O) groups excluding carboxylic acids is 3. The molecule has 0 aliphatic rings. The fraction of sp³-hybridized carbons (Fsp3) is 0.730. The smallest absolute Gasteiger partial charge is 0.306 e. The maximum Gasteiger partial charge on any atom is 0.306 e. The lowest BCUT2D eigenvalue weighted by molar-refractivity contribution is -0.167. The Kier molecular flexibility index (Phi) is 54.3. The average Bonchev–Trinajstić information content (AvgIpc) is 3.35. The van der Waals surface area contributed by atoms with E-state index in [-0.39, 0.29) is 37.5 Å². The van der Waals surface area contributed by atoms with Crippen LogP contribution in [0.1, 0.15) is 278 Å². The first kappa shape index (κ1) is 65.6.